The summed E-state index contributed by atoms with van der Waals surface area (Å²) in [6.07, 6.45) is 2.55. The zero-order chi connectivity index (χ0) is 22.1. The molecule has 156 valence electrons. The minimum absolute atomic E-state index is 0.327. The molecule has 0 bridgehead atoms. The van der Waals surface area contributed by atoms with E-state index in [0.717, 1.165) is 23.3 Å². The van der Waals surface area contributed by atoms with Crippen molar-refractivity contribution < 1.29 is 23.8 Å². The molecule has 0 radical (unpaired) electrons. The van der Waals surface area contributed by atoms with Crippen LogP contribution in [0.15, 0.2) is 73.3 Å². The van der Waals surface area contributed by atoms with Gasteiger partial charge in [0, 0.05) is 6.08 Å². The van der Waals surface area contributed by atoms with E-state index in [9.17, 15) is 9.59 Å². The van der Waals surface area contributed by atoms with Crippen LogP contribution in [0.1, 0.15) is 28.8 Å². The Bertz CT molecular complexity index is 1130. The fraction of sp³-hybridized carbons (Fsp3) is 0.160. The Morgan fingerprint density at radius 1 is 0.903 bits per heavy atom. The zero-order valence-corrected chi connectivity index (χ0v) is 16.9. The Balaban J connectivity index is 1.50. The van der Waals surface area contributed by atoms with Gasteiger partial charge >= 0.3 is 11.9 Å². The number of nitriles is 1. The highest BCUT2D eigenvalue weighted by molar-refractivity contribution is 5.92. The van der Waals surface area contributed by atoms with Gasteiger partial charge in [-0.25, -0.2) is 9.59 Å². The maximum atomic E-state index is 12.4. The first-order chi connectivity index (χ1) is 15.1. The summed E-state index contributed by atoms with van der Waals surface area (Å²) in [5.41, 5.74) is 0.985. The molecule has 0 aliphatic heterocycles. The van der Waals surface area contributed by atoms with Crippen LogP contribution < -0.4 is 9.47 Å². The van der Waals surface area contributed by atoms with Gasteiger partial charge in [0.2, 0.25) is 0 Å². The molecule has 0 saturated carbocycles. The van der Waals surface area contributed by atoms with Crippen molar-refractivity contribution in [3.63, 3.8) is 0 Å². The van der Waals surface area contributed by atoms with E-state index < -0.39 is 11.9 Å². The van der Waals surface area contributed by atoms with E-state index in [0.29, 0.717) is 42.3 Å². The van der Waals surface area contributed by atoms with Crippen LogP contribution >= 0.6 is 0 Å². The Kier molecular flexibility index (Phi) is 7.39. The van der Waals surface area contributed by atoms with Crippen LogP contribution in [0.2, 0.25) is 0 Å². The highest BCUT2D eigenvalue weighted by Gasteiger charge is 2.10. The van der Waals surface area contributed by atoms with Gasteiger partial charge in [-0.3, -0.25) is 0 Å². The molecule has 6 heteroatoms. The molecule has 0 N–H and O–H groups in total. The lowest BCUT2D eigenvalue weighted by Crippen LogP contribution is -2.08. The number of esters is 2. The summed E-state index contributed by atoms with van der Waals surface area (Å²) in [6.45, 7) is 4.13. The second-order valence-corrected chi connectivity index (χ2v) is 6.68. The van der Waals surface area contributed by atoms with Crippen molar-refractivity contribution in [2.75, 3.05) is 13.2 Å². The molecular formula is C25H21NO5. The Morgan fingerprint density at radius 2 is 1.58 bits per heavy atom. The van der Waals surface area contributed by atoms with Crippen molar-refractivity contribution in [1.29, 1.82) is 5.26 Å². The topological polar surface area (TPSA) is 85.6 Å². The van der Waals surface area contributed by atoms with Crippen molar-refractivity contribution in [3.05, 3.63) is 84.4 Å². The second-order valence-electron chi connectivity index (χ2n) is 6.68. The molecule has 0 unspecified atom stereocenters. The molecule has 0 spiro atoms. The molecule has 0 aromatic heterocycles. The standard InChI is InChI=1S/C25H21NO5/c1-2-24(27)30-14-4-3-13-29-22-10-7-19(8-11-22)25(28)31-23-12-9-20-15-18(17-26)5-6-21(20)16-23/h2,5-12,15-16H,1,3-4,13-14H2. The van der Waals surface area contributed by atoms with Crippen LogP contribution in [-0.2, 0) is 9.53 Å². The molecular weight excluding hydrogens is 394 g/mol. The molecule has 31 heavy (non-hydrogen) atoms. The molecule has 3 aromatic rings. The Labute approximate surface area is 180 Å². The molecule has 0 amide bonds. The lowest BCUT2D eigenvalue weighted by molar-refractivity contribution is -0.137. The summed E-state index contributed by atoms with van der Waals surface area (Å²) in [5.74, 6) is 0.169. The highest BCUT2D eigenvalue weighted by atomic mass is 16.5. The second kappa shape index (κ2) is 10.6. The number of ether oxygens (including phenoxy) is 3. The molecule has 0 heterocycles. The molecule has 6 nitrogen and oxygen atoms in total. The average molecular weight is 415 g/mol. The molecule has 3 rings (SSSR count). The Hall–Kier alpha value is -4.11. The summed E-state index contributed by atoms with van der Waals surface area (Å²) in [6, 6.07) is 19.4. The predicted octanol–water partition coefficient (Wildman–Crippen LogP) is 4.82. The first-order valence-corrected chi connectivity index (χ1v) is 9.77. The number of nitrogens with zero attached hydrogens (tertiary/aromatic N) is 1. The van der Waals surface area contributed by atoms with Gasteiger partial charge in [-0.15, -0.1) is 0 Å². The molecule has 0 aliphatic carbocycles. The average Bonchev–Trinajstić information content (AvgIpc) is 2.81. The van der Waals surface area contributed by atoms with Crippen LogP contribution in [0.3, 0.4) is 0 Å². The third kappa shape index (κ3) is 6.18. The van der Waals surface area contributed by atoms with Gasteiger partial charge in [-0.2, -0.15) is 5.26 Å². The van der Waals surface area contributed by atoms with Crippen molar-refractivity contribution in [3.8, 4) is 17.6 Å². The van der Waals surface area contributed by atoms with Crippen molar-refractivity contribution >= 4 is 22.7 Å². The van der Waals surface area contributed by atoms with Crippen LogP contribution in [0.5, 0.6) is 11.5 Å². The summed E-state index contributed by atoms with van der Waals surface area (Å²) in [5, 5.41) is 10.8. The monoisotopic (exact) mass is 415 g/mol. The minimum atomic E-state index is -0.469. The highest BCUT2D eigenvalue weighted by Crippen LogP contribution is 2.23. The summed E-state index contributed by atoms with van der Waals surface area (Å²) >= 11 is 0. The van der Waals surface area contributed by atoms with E-state index in [1.807, 2.05) is 12.1 Å². The normalized spacial score (nSPS) is 10.2. The maximum absolute atomic E-state index is 12.4. The van der Waals surface area contributed by atoms with Crippen molar-refractivity contribution in [1.82, 2.24) is 0 Å². The van der Waals surface area contributed by atoms with Gasteiger partial charge in [0.15, 0.2) is 0 Å². The van der Waals surface area contributed by atoms with E-state index in [2.05, 4.69) is 12.6 Å². The van der Waals surface area contributed by atoms with Crippen LogP contribution in [0.25, 0.3) is 10.8 Å². The van der Waals surface area contributed by atoms with E-state index in [4.69, 9.17) is 19.5 Å². The molecule has 0 aliphatic rings. The largest absolute Gasteiger partial charge is 0.494 e. The number of rotatable bonds is 9. The number of carbonyl (C=O) groups is 2. The number of hydrogen-bond donors (Lipinski definition) is 0. The van der Waals surface area contributed by atoms with Gasteiger partial charge in [0.25, 0.3) is 0 Å². The molecule has 0 atom stereocenters. The van der Waals surface area contributed by atoms with Crippen LogP contribution in [0, 0.1) is 11.3 Å². The lowest BCUT2D eigenvalue weighted by atomic mass is 10.1. The van der Waals surface area contributed by atoms with Crippen LogP contribution in [0.4, 0.5) is 0 Å². The van der Waals surface area contributed by atoms with Crippen molar-refractivity contribution in [2.45, 2.75) is 12.8 Å². The molecule has 0 fully saturated rings. The minimum Gasteiger partial charge on any atom is -0.494 e. The van der Waals surface area contributed by atoms with Gasteiger partial charge < -0.3 is 14.2 Å². The Morgan fingerprint density at radius 3 is 2.32 bits per heavy atom. The zero-order valence-electron chi connectivity index (χ0n) is 16.9. The smallest absolute Gasteiger partial charge is 0.343 e. The predicted molar refractivity (Wildman–Crippen MR) is 116 cm³/mol. The SMILES string of the molecule is C=CC(=O)OCCCCOc1ccc(C(=O)Oc2ccc3cc(C#N)ccc3c2)cc1. The number of fused-ring (bicyclic) bond motifs is 1. The third-order valence-electron chi connectivity index (χ3n) is 4.46. The fourth-order valence-electron chi connectivity index (χ4n) is 2.84. The summed E-state index contributed by atoms with van der Waals surface area (Å²) in [7, 11) is 0. The third-order valence-corrected chi connectivity index (χ3v) is 4.46. The van der Waals surface area contributed by atoms with E-state index >= 15 is 0 Å². The van der Waals surface area contributed by atoms with Crippen molar-refractivity contribution in [2.24, 2.45) is 0 Å². The van der Waals surface area contributed by atoms with Gasteiger partial charge in [-0.05, 0) is 72.1 Å². The van der Waals surface area contributed by atoms with E-state index in [1.165, 1.54) is 0 Å². The summed E-state index contributed by atoms with van der Waals surface area (Å²) in [4.78, 5) is 23.3. The molecule has 0 saturated heterocycles. The summed E-state index contributed by atoms with van der Waals surface area (Å²) < 4.78 is 16.0. The number of benzene rings is 3. The number of unbranched alkanes of at least 4 members (excludes halogenated alkanes) is 1. The lowest BCUT2D eigenvalue weighted by Gasteiger charge is -2.08. The number of hydrogen-bond acceptors (Lipinski definition) is 6. The van der Waals surface area contributed by atoms with E-state index in [1.54, 1.807) is 48.5 Å². The number of carbonyl (C=O) groups excluding carboxylic acids is 2. The first kappa shape index (κ1) is 21.6. The van der Waals surface area contributed by atoms with Gasteiger partial charge in [-0.1, -0.05) is 18.7 Å². The molecule has 3 aromatic carbocycles. The van der Waals surface area contributed by atoms with Crippen LogP contribution in [-0.4, -0.2) is 25.2 Å². The van der Waals surface area contributed by atoms with Gasteiger partial charge in [0.1, 0.15) is 11.5 Å². The van der Waals surface area contributed by atoms with E-state index in [-0.39, 0.29) is 0 Å². The fourth-order valence-corrected chi connectivity index (χ4v) is 2.84. The quantitative estimate of drug-likeness (QED) is 0.216. The first-order valence-electron chi connectivity index (χ1n) is 9.77. The van der Waals surface area contributed by atoms with Gasteiger partial charge in [0.05, 0.1) is 30.4 Å². The maximum Gasteiger partial charge on any atom is 0.343 e.